The van der Waals surface area contributed by atoms with Gasteiger partial charge in [0.2, 0.25) is 5.82 Å². The van der Waals surface area contributed by atoms with Crippen molar-refractivity contribution in [2.45, 2.75) is 19.9 Å². The van der Waals surface area contributed by atoms with Crippen LogP contribution in [0.4, 0.5) is 5.82 Å². The topological polar surface area (TPSA) is 52.0 Å². The van der Waals surface area contributed by atoms with Gasteiger partial charge >= 0.3 is 0 Å². The fourth-order valence-electron chi connectivity index (χ4n) is 1.19. The molecule has 5 heteroatoms. The van der Waals surface area contributed by atoms with E-state index in [4.69, 9.17) is 4.74 Å². The minimum Gasteiger partial charge on any atom is -0.473 e. The molecule has 0 amide bonds. The first-order valence-electron chi connectivity index (χ1n) is 4.11. The molecule has 0 fully saturated rings. The molecule has 1 aromatic heterocycles. The average molecular weight is 168 g/mol. The Morgan fingerprint density at radius 2 is 2.42 bits per heavy atom. The van der Waals surface area contributed by atoms with Gasteiger partial charge in [-0.2, -0.15) is 0 Å². The summed E-state index contributed by atoms with van der Waals surface area (Å²) in [7, 11) is 0. The molecule has 0 aromatic carbocycles. The van der Waals surface area contributed by atoms with Crippen molar-refractivity contribution in [1.29, 1.82) is 0 Å². The lowest BCUT2D eigenvalue weighted by Crippen LogP contribution is -2.19. The van der Waals surface area contributed by atoms with Crippen LogP contribution in [0.25, 0.3) is 0 Å². The minimum absolute atomic E-state index is 0.293. The predicted octanol–water partition coefficient (Wildman–Crippen LogP) is 0.663. The third-order valence-electron chi connectivity index (χ3n) is 1.77. The molecule has 12 heavy (non-hydrogen) atoms. The first-order chi connectivity index (χ1) is 5.79. The summed E-state index contributed by atoms with van der Waals surface area (Å²) in [6.07, 6.45) is 0. The highest BCUT2D eigenvalue weighted by atomic mass is 16.5. The van der Waals surface area contributed by atoms with Gasteiger partial charge in [0.05, 0.1) is 12.6 Å². The fraction of sp³-hybridized carbons (Fsp3) is 0.714. The number of rotatable bonds is 1. The van der Waals surface area contributed by atoms with Gasteiger partial charge < -0.3 is 10.1 Å². The Bertz CT molecular complexity index is 281. The number of anilines is 1. The predicted molar refractivity (Wildman–Crippen MR) is 44.4 cm³/mol. The van der Waals surface area contributed by atoms with Gasteiger partial charge in [-0.25, -0.2) is 4.68 Å². The Morgan fingerprint density at radius 1 is 1.58 bits per heavy atom. The lowest BCUT2D eigenvalue weighted by molar-refractivity contribution is 0.279. The summed E-state index contributed by atoms with van der Waals surface area (Å²) in [4.78, 5) is 0. The van der Waals surface area contributed by atoms with Crippen molar-refractivity contribution >= 4 is 5.82 Å². The molecule has 66 valence electrons. The Morgan fingerprint density at radius 3 is 3.17 bits per heavy atom. The largest absolute Gasteiger partial charge is 0.473 e. The first-order valence-corrected chi connectivity index (χ1v) is 4.11. The summed E-state index contributed by atoms with van der Waals surface area (Å²) in [5.41, 5.74) is 0. The molecule has 0 radical (unpaired) electrons. The van der Waals surface area contributed by atoms with Crippen molar-refractivity contribution in [1.82, 2.24) is 15.0 Å². The molecule has 1 N–H and O–H groups in total. The monoisotopic (exact) mass is 168 g/mol. The van der Waals surface area contributed by atoms with Gasteiger partial charge in [0.1, 0.15) is 6.61 Å². The molecule has 0 spiro atoms. The van der Waals surface area contributed by atoms with Crippen LogP contribution in [0, 0.1) is 0 Å². The smallest absolute Gasteiger partial charge is 0.257 e. The van der Waals surface area contributed by atoms with Crippen LogP contribution in [0.1, 0.15) is 19.9 Å². The molecule has 1 aliphatic heterocycles. The number of aromatic nitrogens is 3. The van der Waals surface area contributed by atoms with Gasteiger partial charge in [-0.05, 0) is 13.8 Å². The molecule has 1 aromatic rings. The number of hydrogen-bond donors (Lipinski definition) is 1. The van der Waals surface area contributed by atoms with Crippen LogP contribution in [0.5, 0.6) is 5.88 Å². The minimum atomic E-state index is 0.293. The van der Waals surface area contributed by atoms with E-state index >= 15 is 0 Å². The third-order valence-corrected chi connectivity index (χ3v) is 1.77. The summed E-state index contributed by atoms with van der Waals surface area (Å²) in [6, 6.07) is 0.293. The Labute approximate surface area is 70.7 Å². The standard InChI is InChI=1S/C7H12N4O/c1-5(2)11-7-6(9-10-11)8-3-4-12-7/h5,8H,3-4H2,1-2H3. The van der Waals surface area contributed by atoms with Crippen LogP contribution in [-0.4, -0.2) is 28.1 Å². The molecular weight excluding hydrogens is 156 g/mol. The summed E-state index contributed by atoms with van der Waals surface area (Å²) in [6.45, 7) is 5.59. The zero-order valence-electron chi connectivity index (χ0n) is 7.24. The summed E-state index contributed by atoms with van der Waals surface area (Å²) in [5, 5.41) is 11.0. The molecule has 0 atom stereocenters. The van der Waals surface area contributed by atoms with Crippen molar-refractivity contribution in [2.75, 3.05) is 18.5 Å². The zero-order chi connectivity index (χ0) is 8.55. The van der Waals surface area contributed by atoms with Crippen LogP contribution in [0.2, 0.25) is 0 Å². The lowest BCUT2D eigenvalue weighted by atomic mass is 10.4. The maximum Gasteiger partial charge on any atom is 0.257 e. The quantitative estimate of drug-likeness (QED) is 0.669. The van der Waals surface area contributed by atoms with E-state index in [1.54, 1.807) is 4.68 Å². The molecule has 0 aliphatic carbocycles. The number of ether oxygens (including phenoxy) is 1. The van der Waals surface area contributed by atoms with E-state index in [2.05, 4.69) is 15.6 Å². The molecule has 2 rings (SSSR count). The van der Waals surface area contributed by atoms with Gasteiger partial charge in [-0.1, -0.05) is 5.21 Å². The van der Waals surface area contributed by atoms with E-state index in [9.17, 15) is 0 Å². The van der Waals surface area contributed by atoms with E-state index in [-0.39, 0.29) is 0 Å². The van der Waals surface area contributed by atoms with Gasteiger partial charge in [0.15, 0.2) is 0 Å². The van der Waals surface area contributed by atoms with Crippen molar-refractivity contribution in [2.24, 2.45) is 0 Å². The Kier molecular flexibility index (Phi) is 1.64. The Hall–Kier alpha value is -1.26. The maximum atomic E-state index is 5.43. The number of fused-ring (bicyclic) bond motifs is 1. The number of nitrogens with zero attached hydrogens (tertiary/aromatic N) is 3. The van der Waals surface area contributed by atoms with E-state index < -0.39 is 0 Å². The van der Waals surface area contributed by atoms with Crippen molar-refractivity contribution < 1.29 is 4.74 Å². The molecule has 0 saturated heterocycles. The van der Waals surface area contributed by atoms with E-state index in [1.807, 2.05) is 13.8 Å². The second-order valence-electron chi connectivity index (χ2n) is 3.06. The summed E-state index contributed by atoms with van der Waals surface area (Å²) < 4.78 is 7.21. The summed E-state index contributed by atoms with van der Waals surface area (Å²) >= 11 is 0. The van der Waals surface area contributed by atoms with Crippen LogP contribution >= 0.6 is 0 Å². The highest BCUT2D eigenvalue weighted by Crippen LogP contribution is 2.26. The lowest BCUT2D eigenvalue weighted by Gasteiger charge is -2.16. The van der Waals surface area contributed by atoms with E-state index in [1.165, 1.54) is 0 Å². The molecule has 0 unspecified atom stereocenters. The number of hydrogen-bond acceptors (Lipinski definition) is 4. The first kappa shape index (κ1) is 7.39. The number of nitrogens with one attached hydrogen (secondary N) is 1. The maximum absolute atomic E-state index is 5.43. The molecule has 0 saturated carbocycles. The van der Waals surface area contributed by atoms with Crippen molar-refractivity contribution in [3.05, 3.63) is 0 Å². The highest BCUT2D eigenvalue weighted by molar-refractivity contribution is 5.46. The second kappa shape index (κ2) is 2.66. The molecule has 2 heterocycles. The fourth-order valence-corrected chi connectivity index (χ4v) is 1.19. The summed E-state index contributed by atoms with van der Waals surface area (Å²) in [5.74, 6) is 1.52. The average Bonchev–Trinajstić information content (AvgIpc) is 2.47. The van der Waals surface area contributed by atoms with Crippen LogP contribution in [-0.2, 0) is 0 Å². The Balaban J connectivity index is 2.38. The molecule has 0 bridgehead atoms. The zero-order valence-corrected chi connectivity index (χ0v) is 7.24. The SMILES string of the molecule is CC(C)n1nnc2c1OCCN2. The molecule has 1 aliphatic rings. The van der Waals surface area contributed by atoms with Gasteiger partial charge in [0, 0.05) is 0 Å². The third kappa shape index (κ3) is 1.01. The van der Waals surface area contributed by atoms with Gasteiger partial charge in [-0.15, -0.1) is 5.10 Å². The molecule has 5 nitrogen and oxygen atoms in total. The highest BCUT2D eigenvalue weighted by Gasteiger charge is 2.18. The van der Waals surface area contributed by atoms with Crippen LogP contribution < -0.4 is 10.1 Å². The van der Waals surface area contributed by atoms with Crippen LogP contribution in [0.15, 0.2) is 0 Å². The van der Waals surface area contributed by atoms with Crippen LogP contribution in [0.3, 0.4) is 0 Å². The van der Waals surface area contributed by atoms with Gasteiger partial charge in [0.25, 0.3) is 5.88 Å². The molecular formula is C7H12N4O. The van der Waals surface area contributed by atoms with Gasteiger partial charge in [-0.3, -0.25) is 0 Å². The van der Waals surface area contributed by atoms with E-state index in [0.29, 0.717) is 12.6 Å². The van der Waals surface area contributed by atoms with E-state index in [0.717, 1.165) is 18.2 Å². The van der Waals surface area contributed by atoms with Crippen molar-refractivity contribution in [3.8, 4) is 5.88 Å². The normalized spacial score (nSPS) is 15.2. The van der Waals surface area contributed by atoms with Crippen molar-refractivity contribution in [3.63, 3.8) is 0 Å². The second-order valence-corrected chi connectivity index (χ2v) is 3.06.